The van der Waals surface area contributed by atoms with Gasteiger partial charge >= 0.3 is 0 Å². The highest BCUT2D eigenvalue weighted by Crippen LogP contribution is 2.20. The number of ether oxygens (including phenoxy) is 1. The molecule has 1 aliphatic heterocycles. The van der Waals surface area contributed by atoms with E-state index in [1.807, 2.05) is 19.1 Å². The van der Waals surface area contributed by atoms with Crippen molar-refractivity contribution in [3.8, 4) is 5.75 Å². The van der Waals surface area contributed by atoms with E-state index >= 15 is 0 Å². The first kappa shape index (κ1) is 16.3. The van der Waals surface area contributed by atoms with Crippen molar-refractivity contribution in [2.75, 3.05) is 32.8 Å². The molecule has 1 aromatic carbocycles. The van der Waals surface area contributed by atoms with Gasteiger partial charge in [0.2, 0.25) is 5.91 Å². The molecule has 2 amide bonds. The van der Waals surface area contributed by atoms with Gasteiger partial charge in [-0.1, -0.05) is 12.1 Å². The summed E-state index contributed by atoms with van der Waals surface area (Å²) in [5, 5.41) is 0. The van der Waals surface area contributed by atoms with E-state index < -0.39 is 6.04 Å². The Labute approximate surface area is 130 Å². The summed E-state index contributed by atoms with van der Waals surface area (Å²) in [5.41, 5.74) is 6.18. The van der Waals surface area contributed by atoms with E-state index in [1.165, 1.54) is 0 Å². The van der Waals surface area contributed by atoms with Crippen LogP contribution in [0.1, 0.15) is 24.2 Å². The van der Waals surface area contributed by atoms with E-state index in [1.54, 1.807) is 28.9 Å². The smallest absolute Gasteiger partial charge is 0.257 e. The van der Waals surface area contributed by atoms with Gasteiger partial charge in [0.05, 0.1) is 18.2 Å². The Hall–Kier alpha value is -2.08. The Kier molecular flexibility index (Phi) is 5.38. The van der Waals surface area contributed by atoms with Crippen molar-refractivity contribution >= 4 is 11.8 Å². The zero-order chi connectivity index (χ0) is 16.1. The van der Waals surface area contributed by atoms with Crippen LogP contribution in [0.5, 0.6) is 5.75 Å². The van der Waals surface area contributed by atoms with E-state index in [0.29, 0.717) is 44.1 Å². The first-order valence-electron chi connectivity index (χ1n) is 7.60. The van der Waals surface area contributed by atoms with Crippen LogP contribution in [0.2, 0.25) is 0 Å². The number of benzene rings is 1. The lowest BCUT2D eigenvalue weighted by molar-refractivity contribution is -0.133. The summed E-state index contributed by atoms with van der Waals surface area (Å²) in [4.78, 5) is 27.9. The summed E-state index contributed by atoms with van der Waals surface area (Å²) >= 11 is 0. The molecule has 1 aromatic rings. The van der Waals surface area contributed by atoms with Gasteiger partial charge < -0.3 is 20.3 Å². The van der Waals surface area contributed by atoms with Gasteiger partial charge in [-0.2, -0.15) is 0 Å². The molecule has 6 nitrogen and oxygen atoms in total. The average Bonchev–Trinajstić information content (AvgIpc) is 2.54. The van der Waals surface area contributed by atoms with Gasteiger partial charge in [-0.3, -0.25) is 9.59 Å². The third kappa shape index (κ3) is 3.57. The molecule has 0 saturated carbocycles. The summed E-state index contributed by atoms with van der Waals surface area (Å²) in [7, 11) is 0. The summed E-state index contributed by atoms with van der Waals surface area (Å²) < 4.78 is 5.51. The molecule has 2 rings (SSSR count). The molecule has 0 spiro atoms. The Morgan fingerprint density at radius 1 is 1.18 bits per heavy atom. The van der Waals surface area contributed by atoms with Crippen molar-refractivity contribution in [1.29, 1.82) is 0 Å². The normalized spacial score (nSPS) is 16.3. The van der Waals surface area contributed by atoms with Crippen LogP contribution in [0, 0.1) is 0 Å². The van der Waals surface area contributed by atoms with Crippen molar-refractivity contribution < 1.29 is 14.3 Å². The summed E-state index contributed by atoms with van der Waals surface area (Å²) in [6.07, 6.45) is 0. The molecule has 0 unspecified atom stereocenters. The summed E-state index contributed by atoms with van der Waals surface area (Å²) in [6.45, 7) is 6.14. The van der Waals surface area contributed by atoms with Gasteiger partial charge in [0.15, 0.2) is 0 Å². The van der Waals surface area contributed by atoms with Crippen LogP contribution in [0.25, 0.3) is 0 Å². The second-order valence-electron chi connectivity index (χ2n) is 5.34. The molecule has 0 radical (unpaired) electrons. The van der Waals surface area contributed by atoms with E-state index in [0.717, 1.165) is 0 Å². The average molecular weight is 305 g/mol. The standard InChI is InChI=1S/C16H23N3O3/c1-3-22-14-7-5-4-6-13(14)16(21)19-10-8-18(9-11-19)15(20)12(2)17/h4-7,12H,3,8-11,17H2,1-2H3/t12-/m0/s1. The molecule has 0 aromatic heterocycles. The molecule has 120 valence electrons. The zero-order valence-corrected chi connectivity index (χ0v) is 13.1. The number of hydrogen-bond donors (Lipinski definition) is 1. The largest absolute Gasteiger partial charge is 0.493 e. The molecule has 1 saturated heterocycles. The van der Waals surface area contributed by atoms with Crippen LogP contribution in [-0.2, 0) is 4.79 Å². The number of nitrogens with two attached hydrogens (primary N) is 1. The molecular weight excluding hydrogens is 282 g/mol. The minimum Gasteiger partial charge on any atom is -0.493 e. The van der Waals surface area contributed by atoms with Gasteiger partial charge in [-0.05, 0) is 26.0 Å². The van der Waals surface area contributed by atoms with Crippen molar-refractivity contribution in [3.63, 3.8) is 0 Å². The van der Waals surface area contributed by atoms with E-state index in [4.69, 9.17) is 10.5 Å². The summed E-state index contributed by atoms with van der Waals surface area (Å²) in [6, 6.07) is 6.74. The fraction of sp³-hybridized carbons (Fsp3) is 0.500. The number of amides is 2. The van der Waals surface area contributed by atoms with Crippen LogP contribution in [0.4, 0.5) is 0 Å². The fourth-order valence-electron chi connectivity index (χ4n) is 2.51. The van der Waals surface area contributed by atoms with Gasteiger partial charge in [0.1, 0.15) is 5.75 Å². The molecule has 1 fully saturated rings. The number of para-hydroxylation sites is 1. The number of carbonyl (C=O) groups excluding carboxylic acids is 2. The topological polar surface area (TPSA) is 75.9 Å². The fourth-order valence-corrected chi connectivity index (χ4v) is 2.51. The number of piperazine rings is 1. The van der Waals surface area contributed by atoms with Crippen molar-refractivity contribution in [1.82, 2.24) is 9.80 Å². The van der Waals surface area contributed by atoms with E-state index in [-0.39, 0.29) is 11.8 Å². The van der Waals surface area contributed by atoms with Gasteiger partial charge in [0, 0.05) is 26.2 Å². The zero-order valence-electron chi connectivity index (χ0n) is 13.1. The predicted octanol–water partition coefficient (Wildman–Crippen LogP) is 0.717. The molecule has 6 heteroatoms. The minimum atomic E-state index is -0.499. The molecule has 1 heterocycles. The Balaban J connectivity index is 2.02. The lowest BCUT2D eigenvalue weighted by atomic mass is 10.1. The quantitative estimate of drug-likeness (QED) is 0.889. The molecule has 0 bridgehead atoms. The van der Waals surface area contributed by atoms with Crippen LogP contribution in [0.15, 0.2) is 24.3 Å². The lowest BCUT2D eigenvalue weighted by Gasteiger charge is -2.35. The number of nitrogens with zero attached hydrogens (tertiary/aromatic N) is 2. The molecule has 22 heavy (non-hydrogen) atoms. The first-order chi connectivity index (χ1) is 10.5. The molecule has 0 aliphatic carbocycles. The molecule has 1 atom stereocenters. The Bertz CT molecular complexity index is 537. The molecule has 2 N–H and O–H groups in total. The van der Waals surface area contributed by atoms with Gasteiger partial charge in [-0.15, -0.1) is 0 Å². The lowest BCUT2D eigenvalue weighted by Crippen LogP contribution is -2.53. The van der Waals surface area contributed by atoms with E-state index in [2.05, 4.69) is 0 Å². The number of hydrogen-bond acceptors (Lipinski definition) is 4. The summed E-state index contributed by atoms with van der Waals surface area (Å²) in [5.74, 6) is 0.475. The maximum absolute atomic E-state index is 12.6. The van der Waals surface area contributed by atoms with Crippen molar-refractivity contribution in [2.24, 2.45) is 5.73 Å². The van der Waals surface area contributed by atoms with Crippen LogP contribution in [0.3, 0.4) is 0 Å². The van der Waals surface area contributed by atoms with Crippen LogP contribution in [-0.4, -0.2) is 60.4 Å². The monoisotopic (exact) mass is 305 g/mol. The van der Waals surface area contributed by atoms with Crippen LogP contribution >= 0.6 is 0 Å². The van der Waals surface area contributed by atoms with Gasteiger partial charge in [0.25, 0.3) is 5.91 Å². The molecule has 1 aliphatic rings. The Morgan fingerprint density at radius 3 is 2.36 bits per heavy atom. The first-order valence-corrected chi connectivity index (χ1v) is 7.60. The van der Waals surface area contributed by atoms with Crippen LogP contribution < -0.4 is 10.5 Å². The maximum atomic E-state index is 12.6. The second kappa shape index (κ2) is 7.26. The highest BCUT2D eigenvalue weighted by Gasteiger charge is 2.27. The number of carbonyl (C=O) groups is 2. The SMILES string of the molecule is CCOc1ccccc1C(=O)N1CCN(C(=O)[C@H](C)N)CC1. The van der Waals surface area contributed by atoms with Crippen molar-refractivity contribution in [2.45, 2.75) is 19.9 Å². The highest BCUT2D eigenvalue weighted by atomic mass is 16.5. The van der Waals surface area contributed by atoms with E-state index in [9.17, 15) is 9.59 Å². The second-order valence-corrected chi connectivity index (χ2v) is 5.34. The van der Waals surface area contributed by atoms with Crippen molar-refractivity contribution in [3.05, 3.63) is 29.8 Å². The third-order valence-electron chi connectivity index (χ3n) is 3.69. The maximum Gasteiger partial charge on any atom is 0.257 e. The van der Waals surface area contributed by atoms with Gasteiger partial charge in [-0.25, -0.2) is 0 Å². The predicted molar refractivity (Wildman–Crippen MR) is 83.7 cm³/mol. The highest BCUT2D eigenvalue weighted by molar-refractivity contribution is 5.97. The Morgan fingerprint density at radius 2 is 1.77 bits per heavy atom. The molecular formula is C16H23N3O3. The number of rotatable bonds is 4. The minimum absolute atomic E-state index is 0.0584. The third-order valence-corrected chi connectivity index (χ3v) is 3.69.